The molecule has 4 nitrogen and oxygen atoms in total. The highest BCUT2D eigenvalue weighted by molar-refractivity contribution is 5.66. The average Bonchev–Trinajstić information content (AvgIpc) is 2.35. The van der Waals surface area contributed by atoms with E-state index in [4.69, 9.17) is 4.74 Å². The summed E-state index contributed by atoms with van der Waals surface area (Å²) in [5, 5.41) is 0. The van der Waals surface area contributed by atoms with Crippen molar-refractivity contribution >= 4 is 6.09 Å². The highest BCUT2D eigenvalue weighted by Gasteiger charge is 2.07. The molecule has 16 heavy (non-hydrogen) atoms. The molecule has 0 saturated carbocycles. The second-order valence-corrected chi connectivity index (χ2v) is 3.49. The molecule has 0 aromatic heterocycles. The Morgan fingerprint density at radius 1 is 1.25 bits per heavy atom. The number of ether oxygens (including phenoxy) is 2. The van der Waals surface area contributed by atoms with Crippen LogP contribution in [0.1, 0.15) is 5.56 Å². The Morgan fingerprint density at radius 3 is 2.38 bits per heavy atom. The van der Waals surface area contributed by atoms with Crippen LogP contribution < -0.4 is 4.74 Å². The summed E-state index contributed by atoms with van der Waals surface area (Å²) in [6, 6.07) is 7.80. The summed E-state index contributed by atoms with van der Waals surface area (Å²) in [7, 11) is 4.74. The SMILES string of the molecule is COC(=O)N(C)CCc1ccc(OC)cc1. The highest BCUT2D eigenvalue weighted by Crippen LogP contribution is 2.11. The van der Waals surface area contributed by atoms with Crippen LogP contribution in [0.15, 0.2) is 24.3 Å². The van der Waals surface area contributed by atoms with Gasteiger partial charge in [-0.2, -0.15) is 0 Å². The van der Waals surface area contributed by atoms with Gasteiger partial charge in [-0.05, 0) is 24.1 Å². The summed E-state index contributed by atoms with van der Waals surface area (Å²) in [5.41, 5.74) is 1.16. The molecule has 0 saturated heterocycles. The lowest BCUT2D eigenvalue weighted by molar-refractivity contribution is 0.134. The van der Waals surface area contributed by atoms with Crippen molar-refractivity contribution in [3.05, 3.63) is 29.8 Å². The van der Waals surface area contributed by atoms with Gasteiger partial charge < -0.3 is 14.4 Å². The minimum atomic E-state index is -0.312. The fourth-order valence-corrected chi connectivity index (χ4v) is 1.34. The van der Waals surface area contributed by atoms with Crippen LogP contribution in [0.4, 0.5) is 4.79 Å². The summed E-state index contributed by atoms with van der Waals surface area (Å²) < 4.78 is 9.67. The fraction of sp³-hybridized carbons (Fsp3) is 0.417. The third-order valence-electron chi connectivity index (χ3n) is 2.38. The van der Waals surface area contributed by atoms with E-state index in [0.717, 1.165) is 17.7 Å². The van der Waals surface area contributed by atoms with E-state index in [1.165, 1.54) is 7.11 Å². The lowest BCUT2D eigenvalue weighted by Gasteiger charge is -2.15. The number of hydrogen-bond acceptors (Lipinski definition) is 3. The van der Waals surface area contributed by atoms with Gasteiger partial charge in [0.1, 0.15) is 5.75 Å². The van der Waals surface area contributed by atoms with E-state index in [0.29, 0.717) is 6.54 Å². The predicted molar refractivity (Wildman–Crippen MR) is 61.7 cm³/mol. The Kier molecular flexibility index (Phi) is 4.64. The van der Waals surface area contributed by atoms with Crippen LogP contribution in [0.2, 0.25) is 0 Å². The van der Waals surface area contributed by atoms with Crippen LogP contribution in [0.5, 0.6) is 5.75 Å². The largest absolute Gasteiger partial charge is 0.497 e. The number of rotatable bonds is 4. The van der Waals surface area contributed by atoms with Gasteiger partial charge in [0.25, 0.3) is 0 Å². The van der Waals surface area contributed by atoms with Crippen LogP contribution in [0.25, 0.3) is 0 Å². The molecule has 88 valence electrons. The summed E-state index contributed by atoms with van der Waals surface area (Å²) in [5.74, 6) is 0.838. The molecule has 0 unspecified atom stereocenters. The molecule has 1 rings (SSSR count). The third kappa shape index (κ3) is 3.46. The Balaban J connectivity index is 2.45. The monoisotopic (exact) mass is 223 g/mol. The molecule has 1 amide bonds. The van der Waals surface area contributed by atoms with Crippen molar-refractivity contribution in [1.29, 1.82) is 0 Å². The summed E-state index contributed by atoms with van der Waals surface area (Å²) >= 11 is 0. The van der Waals surface area contributed by atoms with E-state index in [2.05, 4.69) is 4.74 Å². The first-order chi connectivity index (χ1) is 7.67. The quantitative estimate of drug-likeness (QED) is 0.783. The molecule has 0 N–H and O–H groups in total. The van der Waals surface area contributed by atoms with Crippen LogP contribution in [0.3, 0.4) is 0 Å². The van der Waals surface area contributed by atoms with E-state index in [1.54, 1.807) is 19.1 Å². The number of carbonyl (C=O) groups is 1. The van der Waals surface area contributed by atoms with Gasteiger partial charge in [-0.3, -0.25) is 0 Å². The third-order valence-corrected chi connectivity index (χ3v) is 2.38. The summed E-state index contributed by atoms with van der Waals surface area (Å²) in [6.07, 6.45) is 0.490. The fourth-order valence-electron chi connectivity index (χ4n) is 1.34. The first-order valence-electron chi connectivity index (χ1n) is 5.09. The minimum absolute atomic E-state index is 0.312. The number of nitrogens with zero attached hydrogens (tertiary/aromatic N) is 1. The van der Waals surface area contributed by atoms with E-state index in [9.17, 15) is 4.79 Å². The molecule has 0 spiro atoms. The predicted octanol–water partition coefficient (Wildman–Crippen LogP) is 1.94. The smallest absolute Gasteiger partial charge is 0.409 e. The summed E-state index contributed by atoms with van der Waals surface area (Å²) in [4.78, 5) is 12.7. The van der Waals surface area contributed by atoms with E-state index >= 15 is 0 Å². The van der Waals surface area contributed by atoms with Gasteiger partial charge in [0.15, 0.2) is 0 Å². The summed E-state index contributed by atoms with van der Waals surface area (Å²) in [6.45, 7) is 0.638. The molecule has 0 aliphatic carbocycles. The highest BCUT2D eigenvalue weighted by atomic mass is 16.5. The maximum absolute atomic E-state index is 11.1. The van der Waals surface area contributed by atoms with Crippen LogP contribution >= 0.6 is 0 Å². The maximum atomic E-state index is 11.1. The molecule has 1 aromatic carbocycles. The van der Waals surface area contributed by atoms with Gasteiger partial charge in [-0.1, -0.05) is 12.1 Å². The maximum Gasteiger partial charge on any atom is 0.409 e. The Bertz CT molecular complexity index is 335. The van der Waals surface area contributed by atoms with Crippen molar-refractivity contribution in [1.82, 2.24) is 4.90 Å². The molecule has 1 aromatic rings. The van der Waals surface area contributed by atoms with Crippen LogP contribution in [-0.2, 0) is 11.2 Å². The van der Waals surface area contributed by atoms with Gasteiger partial charge in [0.2, 0.25) is 0 Å². The number of hydrogen-bond donors (Lipinski definition) is 0. The van der Waals surface area contributed by atoms with E-state index < -0.39 is 0 Å². The molecule has 0 aliphatic rings. The first-order valence-corrected chi connectivity index (χ1v) is 5.09. The normalized spacial score (nSPS) is 9.69. The molecule has 0 aliphatic heterocycles. The molecular weight excluding hydrogens is 206 g/mol. The molecule has 0 fully saturated rings. The standard InChI is InChI=1S/C12H17NO3/c1-13(12(14)16-3)9-8-10-4-6-11(15-2)7-5-10/h4-7H,8-9H2,1-3H3. The zero-order chi connectivity index (χ0) is 12.0. The van der Waals surface area contributed by atoms with Gasteiger partial charge in [0.05, 0.1) is 14.2 Å². The number of methoxy groups -OCH3 is 2. The van der Waals surface area contributed by atoms with Gasteiger partial charge in [0, 0.05) is 13.6 Å². The number of likely N-dealkylation sites (N-methyl/N-ethyl adjacent to an activating group) is 1. The van der Waals surface area contributed by atoms with Gasteiger partial charge >= 0.3 is 6.09 Å². The van der Waals surface area contributed by atoms with Crippen LogP contribution in [0, 0.1) is 0 Å². The van der Waals surface area contributed by atoms with Gasteiger partial charge in [-0.25, -0.2) is 4.79 Å². The minimum Gasteiger partial charge on any atom is -0.497 e. The number of amides is 1. The topological polar surface area (TPSA) is 38.8 Å². The van der Waals surface area contributed by atoms with E-state index in [1.807, 2.05) is 24.3 Å². The van der Waals surface area contributed by atoms with Crippen molar-refractivity contribution in [3.8, 4) is 5.75 Å². The van der Waals surface area contributed by atoms with Crippen molar-refractivity contribution in [2.75, 3.05) is 27.8 Å². The lowest BCUT2D eigenvalue weighted by Crippen LogP contribution is -2.28. The molecule has 0 heterocycles. The first kappa shape index (κ1) is 12.4. The van der Waals surface area contributed by atoms with Gasteiger partial charge in [-0.15, -0.1) is 0 Å². The van der Waals surface area contributed by atoms with Crippen molar-refractivity contribution in [3.63, 3.8) is 0 Å². The van der Waals surface area contributed by atoms with Crippen LogP contribution in [-0.4, -0.2) is 38.8 Å². The van der Waals surface area contributed by atoms with Crippen molar-refractivity contribution < 1.29 is 14.3 Å². The second kappa shape index (κ2) is 6.00. The lowest BCUT2D eigenvalue weighted by atomic mass is 10.1. The molecule has 4 heteroatoms. The number of benzene rings is 1. The molecule has 0 bridgehead atoms. The Hall–Kier alpha value is -1.71. The zero-order valence-electron chi connectivity index (χ0n) is 9.90. The number of carbonyl (C=O) groups excluding carboxylic acids is 1. The average molecular weight is 223 g/mol. The Morgan fingerprint density at radius 2 is 1.88 bits per heavy atom. The molecule has 0 radical (unpaired) electrons. The second-order valence-electron chi connectivity index (χ2n) is 3.49. The van der Waals surface area contributed by atoms with Crippen molar-refractivity contribution in [2.45, 2.75) is 6.42 Å². The Labute approximate surface area is 95.8 Å². The van der Waals surface area contributed by atoms with Crippen molar-refractivity contribution in [2.24, 2.45) is 0 Å². The zero-order valence-corrected chi connectivity index (χ0v) is 9.90. The molecular formula is C12H17NO3. The van der Waals surface area contributed by atoms with E-state index in [-0.39, 0.29) is 6.09 Å². The molecule has 0 atom stereocenters.